The highest BCUT2D eigenvalue weighted by Crippen LogP contribution is 2.40. The Balaban J connectivity index is 1.76. The minimum absolute atomic E-state index is 0.189. The fourth-order valence-corrected chi connectivity index (χ4v) is 4.22. The van der Waals surface area contributed by atoms with Crippen LogP contribution in [0.15, 0.2) is 23.2 Å². The van der Waals surface area contributed by atoms with Crippen LogP contribution in [0.5, 0.6) is 11.5 Å². The number of hydrogen-bond acceptors (Lipinski definition) is 5. The van der Waals surface area contributed by atoms with E-state index >= 15 is 0 Å². The molecule has 1 aromatic carbocycles. The quantitative estimate of drug-likeness (QED) is 0.919. The van der Waals surface area contributed by atoms with E-state index in [0.717, 1.165) is 28.1 Å². The molecule has 2 aliphatic rings. The van der Waals surface area contributed by atoms with E-state index in [1.165, 1.54) is 32.1 Å². The molecule has 0 unspecified atom stereocenters. The Bertz CT molecular complexity index is 517. The summed E-state index contributed by atoms with van der Waals surface area (Å²) < 4.78 is 10.6. The van der Waals surface area contributed by atoms with Gasteiger partial charge in [0.05, 0.1) is 19.8 Å². The molecule has 21 heavy (non-hydrogen) atoms. The van der Waals surface area contributed by atoms with Gasteiger partial charge in [0, 0.05) is 29.6 Å². The lowest BCUT2D eigenvalue weighted by Crippen LogP contribution is -2.29. The van der Waals surface area contributed by atoms with Crippen LogP contribution in [0, 0.1) is 0 Å². The summed E-state index contributed by atoms with van der Waals surface area (Å²) in [6.07, 6.45) is 6.44. The van der Waals surface area contributed by atoms with Crippen molar-refractivity contribution < 1.29 is 9.47 Å². The zero-order valence-electron chi connectivity index (χ0n) is 12.6. The molecule has 1 aliphatic carbocycles. The van der Waals surface area contributed by atoms with E-state index in [0.29, 0.717) is 0 Å². The van der Waals surface area contributed by atoms with E-state index in [1.54, 1.807) is 14.2 Å². The average molecular weight is 306 g/mol. The van der Waals surface area contributed by atoms with E-state index in [4.69, 9.17) is 14.5 Å². The summed E-state index contributed by atoms with van der Waals surface area (Å²) in [5.74, 6) is 2.68. The fraction of sp³-hybridized carbons (Fsp3) is 0.562. The second kappa shape index (κ2) is 6.18. The molecule has 114 valence electrons. The molecule has 1 saturated carbocycles. The van der Waals surface area contributed by atoms with Crippen LogP contribution in [0.4, 0.5) is 5.69 Å². The molecule has 0 amide bonds. The van der Waals surface area contributed by atoms with E-state index in [2.05, 4.69) is 5.32 Å². The molecule has 1 N–H and O–H groups in total. The fourth-order valence-electron chi connectivity index (χ4n) is 3.02. The van der Waals surface area contributed by atoms with Gasteiger partial charge in [-0.2, -0.15) is 0 Å². The predicted molar refractivity (Wildman–Crippen MR) is 88.9 cm³/mol. The zero-order valence-corrected chi connectivity index (χ0v) is 13.5. The molecule has 0 saturated heterocycles. The van der Waals surface area contributed by atoms with Gasteiger partial charge in [0.1, 0.15) is 11.5 Å². The molecule has 0 aromatic heterocycles. The summed E-state index contributed by atoms with van der Waals surface area (Å²) in [7, 11) is 3.33. The zero-order chi connectivity index (χ0) is 14.7. The molecular formula is C16H22N2O2S. The lowest BCUT2D eigenvalue weighted by molar-refractivity contribution is 0.335. The number of hydrogen-bond donors (Lipinski definition) is 1. The number of rotatable bonds is 3. The number of thioether (sulfide) groups is 1. The molecule has 0 bridgehead atoms. The first-order valence-corrected chi connectivity index (χ1v) is 8.44. The average Bonchev–Trinajstić information content (AvgIpc) is 2.89. The van der Waals surface area contributed by atoms with E-state index in [1.807, 2.05) is 30.0 Å². The largest absolute Gasteiger partial charge is 0.497 e. The molecule has 1 heterocycles. The first kappa shape index (κ1) is 14.6. The van der Waals surface area contributed by atoms with Gasteiger partial charge in [0.15, 0.2) is 5.17 Å². The first-order valence-electron chi connectivity index (χ1n) is 7.46. The Kier molecular flexibility index (Phi) is 4.29. The first-order chi connectivity index (χ1) is 10.2. The molecule has 1 aliphatic heterocycles. The second-order valence-electron chi connectivity index (χ2n) is 5.72. The van der Waals surface area contributed by atoms with E-state index in [-0.39, 0.29) is 5.54 Å². The van der Waals surface area contributed by atoms with Gasteiger partial charge in [0.25, 0.3) is 0 Å². The number of ether oxygens (including phenoxy) is 2. The van der Waals surface area contributed by atoms with E-state index < -0.39 is 0 Å². The molecule has 3 rings (SSSR count). The van der Waals surface area contributed by atoms with Crippen molar-refractivity contribution in [2.45, 2.75) is 37.6 Å². The van der Waals surface area contributed by atoms with Crippen molar-refractivity contribution in [3.63, 3.8) is 0 Å². The molecular weight excluding hydrogens is 284 g/mol. The Hall–Kier alpha value is -1.36. The standard InChI is InChI=1S/C16H22N2O2S/c1-19-13-8-12(9-14(10-13)20-2)17-15-18-16(11-21-15)6-4-3-5-7-16/h8-10H,3-7,11H2,1-2H3,(H,17,18). The maximum atomic E-state index is 5.30. The monoisotopic (exact) mass is 306 g/mol. The van der Waals surface area contributed by atoms with Gasteiger partial charge in [-0.15, -0.1) is 0 Å². The van der Waals surface area contributed by atoms with Crippen molar-refractivity contribution in [3.8, 4) is 11.5 Å². The Morgan fingerprint density at radius 3 is 2.33 bits per heavy atom. The third-order valence-electron chi connectivity index (χ3n) is 4.20. The van der Waals surface area contributed by atoms with Gasteiger partial charge in [0.2, 0.25) is 0 Å². The Morgan fingerprint density at radius 1 is 1.05 bits per heavy atom. The van der Waals surface area contributed by atoms with Gasteiger partial charge in [-0.3, -0.25) is 4.99 Å². The lowest BCUT2D eigenvalue weighted by Gasteiger charge is -2.29. The van der Waals surface area contributed by atoms with Gasteiger partial charge in [-0.05, 0) is 12.8 Å². The number of aliphatic imine (C=N–C) groups is 1. The minimum Gasteiger partial charge on any atom is -0.497 e. The van der Waals surface area contributed by atoms with Crippen molar-refractivity contribution in [2.75, 3.05) is 25.3 Å². The van der Waals surface area contributed by atoms with Gasteiger partial charge in [-0.25, -0.2) is 0 Å². The summed E-state index contributed by atoms with van der Waals surface area (Å²) in [4.78, 5) is 4.97. The molecule has 0 atom stereocenters. The maximum Gasteiger partial charge on any atom is 0.161 e. The van der Waals surface area contributed by atoms with Crippen LogP contribution in [-0.4, -0.2) is 30.7 Å². The normalized spacial score (nSPS) is 20.2. The number of methoxy groups -OCH3 is 2. The van der Waals surface area contributed by atoms with Gasteiger partial charge in [-0.1, -0.05) is 31.0 Å². The van der Waals surface area contributed by atoms with Crippen molar-refractivity contribution in [2.24, 2.45) is 4.99 Å². The van der Waals surface area contributed by atoms with Crippen LogP contribution in [0.1, 0.15) is 32.1 Å². The van der Waals surface area contributed by atoms with Crippen molar-refractivity contribution >= 4 is 22.6 Å². The highest BCUT2D eigenvalue weighted by atomic mass is 32.2. The smallest absolute Gasteiger partial charge is 0.161 e. The lowest BCUT2D eigenvalue weighted by atomic mass is 9.84. The highest BCUT2D eigenvalue weighted by molar-refractivity contribution is 8.14. The van der Waals surface area contributed by atoms with Crippen LogP contribution in [0.3, 0.4) is 0 Å². The van der Waals surface area contributed by atoms with Crippen molar-refractivity contribution in [1.29, 1.82) is 0 Å². The Morgan fingerprint density at radius 2 is 1.71 bits per heavy atom. The van der Waals surface area contributed by atoms with E-state index in [9.17, 15) is 0 Å². The highest BCUT2D eigenvalue weighted by Gasteiger charge is 2.36. The van der Waals surface area contributed by atoms with Crippen LogP contribution < -0.4 is 14.8 Å². The summed E-state index contributed by atoms with van der Waals surface area (Å²) in [5, 5.41) is 4.44. The number of nitrogens with one attached hydrogen (secondary N) is 1. The molecule has 0 radical (unpaired) electrons. The van der Waals surface area contributed by atoms with Crippen LogP contribution in [-0.2, 0) is 0 Å². The maximum absolute atomic E-state index is 5.30. The van der Waals surface area contributed by atoms with Crippen LogP contribution in [0.25, 0.3) is 0 Å². The SMILES string of the molecule is COc1cc(NC2=NC3(CCCCC3)CS2)cc(OC)c1. The van der Waals surface area contributed by atoms with Crippen molar-refractivity contribution in [3.05, 3.63) is 18.2 Å². The Labute approximate surface area is 130 Å². The third-order valence-corrected chi connectivity index (χ3v) is 5.35. The number of anilines is 1. The van der Waals surface area contributed by atoms with Crippen LogP contribution >= 0.6 is 11.8 Å². The third kappa shape index (κ3) is 3.28. The number of nitrogens with zero attached hydrogens (tertiary/aromatic N) is 1. The van der Waals surface area contributed by atoms with Crippen molar-refractivity contribution in [1.82, 2.24) is 0 Å². The summed E-state index contributed by atoms with van der Waals surface area (Å²) in [6, 6.07) is 5.81. The molecule has 4 nitrogen and oxygen atoms in total. The molecule has 5 heteroatoms. The molecule has 1 aromatic rings. The topological polar surface area (TPSA) is 42.8 Å². The second-order valence-corrected chi connectivity index (χ2v) is 6.68. The summed E-state index contributed by atoms with van der Waals surface area (Å²) >= 11 is 1.83. The molecule has 1 fully saturated rings. The summed E-state index contributed by atoms with van der Waals surface area (Å²) in [5.41, 5.74) is 1.15. The predicted octanol–water partition coefficient (Wildman–Crippen LogP) is 3.92. The van der Waals surface area contributed by atoms with Gasteiger partial charge < -0.3 is 14.8 Å². The minimum atomic E-state index is 0.189. The van der Waals surface area contributed by atoms with Gasteiger partial charge >= 0.3 is 0 Å². The van der Waals surface area contributed by atoms with Crippen LogP contribution in [0.2, 0.25) is 0 Å². The molecule has 1 spiro atoms. The number of benzene rings is 1. The number of amidine groups is 1. The summed E-state index contributed by atoms with van der Waals surface area (Å²) in [6.45, 7) is 0.